The fourth-order valence-corrected chi connectivity index (χ4v) is 1.02. The molecule has 1 fully saturated rings. The van der Waals surface area contributed by atoms with E-state index in [-0.39, 0.29) is 6.04 Å². The Morgan fingerprint density at radius 3 is 1.67 bits per heavy atom. The molecule has 4 nitrogen and oxygen atoms in total. The number of likely N-dealkylation sites (N-methyl/N-ethyl adjacent to an activating group) is 1. The van der Waals surface area contributed by atoms with Gasteiger partial charge in [-0.2, -0.15) is 0 Å². The lowest BCUT2D eigenvalue weighted by Gasteiger charge is -2.42. The van der Waals surface area contributed by atoms with E-state index in [0.29, 0.717) is 0 Å². The highest BCUT2D eigenvalue weighted by molar-refractivity contribution is 5.02. The van der Waals surface area contributed by atoms with Gasteiger partial charge in [0.05, 0.1) is 6.04 Å². The molecule has 4 N–H and O–H groups in total. The summed E-state index contributed by atoms with van der Waals surface area (Å²) in [5.74, 6) is 0. The van der Waals surface area contributed by atoms with Crippen LogP contribution in [0.2, 0.25) is 0 Å². The third-order valence-electron chi connectivity index (χ3n) is 1.77. The van der Waals surface area contributed by atoms with Crippen molar-refractivity contribution in [3.63, 3.8) is 0 Å². The van der Waals surface area contributed by atoms with E-state index in [2.05, 4.69) is 5.32 Å². The molecule has 0 heterocycles. The van der Waals surface area contributed by atoms with E-state index in [0.717, 1.165) is 0 Å². The minimum atomic E-state index is -0.970. The van der Waals surface area contributed by atoms with Crippen molar-refractivity contribution < 1.29 is 15.3 Å². The Kier molecular flexibility index (Phi) is 1.72. The minimum Gasteiger partial charge on any atom is -0.389 e. The number of nitrogens with one attached hydrogen (secondary N) is 1. The molecule has 9 heavy (non-hydrogen) atoms. The molecule has 0 saturated heterocycles. The lowest BCUT2D eigenvalue weighted by molar-refractivity contribution is -0.167. The second kappa shape index (κ2) is 2.22. The summed E-state index contributed by atoms with van der Waals surface area (Å²) in [6.45, 7) is 0. The average Bonchev–Trinajstić information content (AvgIpc) is 1.89. The number of hydrogen-bond acceptors (Lipinski definition) is 4. The summed E-state index contributed by atoms with van der Waals surface area (Å²) >= 11 is 0. The Hall–Kier alpha value is -0.160. The van der Waals surface area contributed by atoms with Crippen molar-refractivity contribution in [3.8, 4) is 0 Å². The number of rotatable bonds is 1. The van der Waals surface area contributed by atoms with E-state index in [1.165, 1.54) is 0 Å². The average molecular weight is 133 g/mol. The molecule has 1 saturated carbocycles. The third-order valence-corrected chi connectivity index (χ3v) is 1.77. The zero-order valence-corrected chi connectivity index (χ0v) is 5.15. The SMILES string of the molecule is CNC1C(O)C(O)C1O. The number of hydrogen-bond donors (Lipinski definition) is 4. The fraction of sp³-hybridized carbons (Fsp3) is 1.00. The largest absolute Gasteiger partial charge is 0.389 e. The van der Waals surface area contributed by atoms with Crippen LogP contribution < -0.4 is 5.32 Å². The molecule has 0 aromatic rings. The number of aliphatic hydroxyl groups excluding tert-OH is 3. The molecule has 0 radical (unpaired) electrons. The second-order valence-electron chi connectivity index (χ2n) is 2.29. The fourth-order valence-electron chi connectivity index (χ4n) is 1.02. The second-order valence-corrected chi connectivity index (χ2v) is 2.29. The maximum Gasteiger partial charge on any atom is 0.109 e. The van der Waals surface area contributed by atoms with Gasteiger partial charge in [0.15, 0.2) is 0 Å². The predicted octanol–water partition coefficient (Wildman–Crippen LogP) is -2.33. The first kappa shape index (κ1) is 6.95. The van der Waals surface area contributed by atoms with Gasteiger partial charge in [0.2, 0.25) is 0 Å². The Balaban J connectivity index is 2.41. The van der Waals surface area contributed by atoms with Crippen LogP contribution in [-0.4, -0.2) is 46.7 Å². The Bertz CT molecular complexity index is 98.4. The maximum atomic E-state index is 8.87. The lowest BCUT2D eigenvalue weighted by Crippen LogP contribution is -2.68. The van der Waals surface area contributed by atoms with E-state index in [4.69, 9.17) is 15.3 Å². The van der Waals surface area contributed by atoms with Crippen molar-refractivity contribution >= 4 is 0 Å². The molecule has 0 spiro atoms. The summed E-state index contributed by atoms with van der Waals surface area (Å²) in [4.78, 5) is 0. The van der Waals surface area contributed by atoms with E-state index >= 15 is 0 Å². The summed E-state index contributed by atoms with van der Waals surface area (Å²) < 4.78 is 0. The van der Waals surface area contributed by atoms with Crippen molar-refractivity contribution in [3.05, 3.63) is 0 Å². The molecule has 4 heteroatoms. The standard InChI is InChI=1S/C5H11NO3/c1-6-2-3(7)5(9)4(2)8/h2-9H,1H3. The van der Waals surface area contributed by atoms with Crippen molar-refractivity contribution in [2.45, 2.75) is 24.4 Å². The van der Waals surface area contributed by atoms with E-state index in [1.807, 2.05) is 0 Å². The van der Waals surface area contributed by atoms with Gasteiger partial charge < -0.3 is 20.6 Å². The van der Waals surface area contributed by atoms with Crippen LogP contribution in [0.15, 0.2) is 0 Å². The molecule has 1 rings (SSSR count). The van der Waals surface area contributed by atoms with Crippen LogP contribution in [-0.2, 0) is 0 Å². The van der Waals surface area contributed by atoms with Crippen LogP contribution in [0, 0.1) is 0 Å². The van der Waals surface area contributed by atoms with Gasteiger partial charge in [-0.3, -0.25) is 0 Å². The Morgan fingerprint density at radius 2 is 1.44 bits per heavy atom. The van der Waals surface area contributed by atoms with Gasteiger partial charge in [-0.25, -0.2) is 0 Å². The summed E-state index contributed by atoms with van der Waals surface area (Å²) in [5.41, 5.74) is 0. The zero-order chi connectivity index (χ0) is 7.02. The molecule has 0 amide bonds. The number of aliphatic hydroxyl groups is 3. The normalized spacial score (nSPS) is 50.7. The van der Waals surface area contributed by atoms with Crippen LogP contribution in [0.5, 0.6) is 0 Å². The van der Waals surface area contributed by atoms with Crippen LogP contribution in [0.4, 0.5) is 0 Å². The van der Waals surface area contributed by atoms with E-state index in [9.17, 15) is 0 Å². The predicted molar refractivity (Wildman–Crippen MR) is 30.9 cm³/mol. The van der Waals surface area contributed by atoms with E-state index < -0.39 is 18.3 Å². The zero-order valence-electron chi connectivity index (χ0n) is 5.15. The molecule has 0 aliphatic heterocycles. The van der Waals surface area contributed by atoms with Crippen molar-refractivity contribution in [2.24, 2.45) is 0 Å². The molecule has 0 aromatic heterocycles. The van der Waals surface area contributed by atoms with E-state index in [1.54, 1.807) is 7.05 Å². The molecule has 2 unspecified atom stereocenters. The topological polar surface area (TPSA) is 72.7 Å². The minimum absolute atomic E-state index is 0.361. The first-order chi connectivity index (χ1) is 4.18. The Labute approximate surface area is 53.1 Å². The van der Waals surface area contributed by atoms with Crippen LogP contribution in [0.25, 0.3) is 0 Å². The lowest BCUT2D eigenvalue weighted by atomic mass is 9.82. The smallest absolute Gasteiger partial charge is 0.109 e. The van der Waals surface area contributed by atoms with Gasteiger partial charge in [-0.05, 0) is 7.05 Å². The van der Waals surface area contributed by atoms with Crippen LogP contribution in [0.3, 0.4) is 0 Å². The van der Waals surface area contributed by atoms with Gasteiger partial charge >= 0.3 is 0 Å². The van der Waals surface area contributed by atoms with Crippen molar-refractivity contribution in [1.29, 1.82) is 0 Å². The van der Waals surface area contributed by atoms with Gasteiger partial charge in [0.25, 0.3) is 0 Å². The summed E-state index contributed by atoms with van der Waals surface area (Å²) in [6.07, 6.45) is -2.60. The molecular weight excluding hydrogens is 122 g/mol. The summed E-state index contributed by atoms with van der Waals surface area (Å²) in [7, 11) is 1.63. The summed E-state index contributed by atoms with van der Waals surface area (Å²) in [6, 6.07) is -0.361. The third kappa shape index (κ3) is 0.840. The molecule has 0 aromatic carbocycles. The maximum absolute atomic E-state index is 8.87. The van der Waals surface area contributed by atoms with Gasteiger partial charge in [-0.15, -0.1) is 0 Å². The first-order valence-electron chi connectivity index (χ1n) is 2.90. The highest BCUT2D eigenvalue weighted by atomic mass is 16.4. The van der Waals surface area contributed by atoms with Crippen LogP contribution in [0.1, 0.15) is 0 Å². The van der Waals surface area contributed by atoms with Gasteiger partial charge in [-0.1, -0.05) is 0 Å². The molecule has 1 aliphatic carbocycles. The molecule has 54 valence electrons. The van der Waals surface area contributed by atoms with Crippen molar-refractivity contribution in [1.82, 2.24) is 5.32 Å². The van der Waals surface area contributed by atoms with Crippen molar-refractivity contribution in [2.75, 3.05) is 7.05 Å². The molecule has 0 bridgehead atoms. The van der Waals surface area contributed by atoms with Gasteiger partial charge in [0, 0.05) is 0 Å². The van der Waals surface area contributed by atoms with Gasteiger partial charge in [0.1, 0.15) is 18.3 Å². The monoisotopic (exact) mass is 133 g/mol. The molecule has 2 atom stereocenters. The summed E-state index contributed by atoms with van der Waals surface area (Å²) in [5, 5.41) is 29.2. The quantitative estimate of drug-likeness (QED) is 0.324. The molecular formula is C5H11NO3. The van der Waals surface area contributed by atoms with Crippen LogP contribution >= 0.6 is 0 Å². The molecule has 1 aliphatic rings. The highest BCUT2D eigenvalue weighted by Crippen LogP contribution is 2.20. The highest BCUT2D eigenvalue weighted by Gasteiger charge is 2.47. The Morgan fingerprint density at radius 1 is 1.00 bits per heavy atom. The first-order valence-corrected chi connectivity index (χ1v) is 2.90.